The molecular formula is C7H7BF4NO-. The molecule has 7 heteroatoms. The van der Waals surface area contributed by atoms with Crippen molar-refractivity contribution in [3.63, 3.8) is 0 Å². The largest absolute Gasteiger partial charge is 0.673 e. The molecule has 2 nitrogen and oxygen atoms in total. The van der Waals surface area contributed by atoms with Gasteiger partial charge in [-0.25, -0.2) is 0 Å². The van der Waals surface area contributed by atoms with E-state index in [0.29, 0.717) is 5.56 Å². The van der Waals surface area contributed by atoms with Crippen LogP contribution in [0.1, 0.15) is 10.4 Å². The van der Waals surface area contributed by atoms with Crippen LogP contribution < -0.4 is 5.73 Å². The number of benzene rings is 1. The van der Waals surface area contributed by atoms with E-state index < -0.39 is 7.25 Å². The van der Waals surface area contributed by atoms with Crippen molar-refractivity contribution in [2.45, 2.75) is 0 Å². The quantitative estimate of drug-likeness (QED) is 0.557. The molecular weight excluding hydrogens is 201 g/mol. The van der Waals surface area contributed by atoms with Crippen molar-refractivity contribution in [2.75, 3.05) is 0 Å². The second-order valence-electron chi connectivity index (χ2n) is 2.23. The fourth-order valence-corrected chi connectivity index (χ4v) is 0.602. The normalized spacial score (nSPS) is 10.0. The van der Waals surface area contributed by atoms with Crippen LogP contribution in [-0.2, 0) is 0 Å². The van der Waals surface area contributed by atoms with E-state index in [-0.39, 0.29) is 5.91 Å². The molecule has 0 bridgehead atoms. The zero-order valence-corrected chi connectivity index (χ0v) is 6.96. The van der Waals surface area contributed by atoms with Crippen LogP contribution in [0.4, 0.5) is 17.3 Å². The van der Waals surface area contributed by atoms with Gasteiger partial charge in [-0.3, -0.25) is 4.79 Å². The maximum absolute atomic E-state index is 10.4. The summed E-state index contributed by atoms with van der Waals surface area (Å²) in [4.78, 5) is 10.4. The Morgan fingerprint density at radius 2 is 1.43 bits per heavy atom. The molecule has 78 valence electrons. The Labute approximate surface area is 77.8 Å². The van der Waals surface area contributed by atoms with Gasteiger partial charge in [0.15, 0.2) is 0 Å². The van der Waals surface area contributed by atoms with Crippen molar-refractivity contribution in [3.05, 3.63) is 35.9 Å². The molecule has 0 aliphatic carbocycles. The first-order valence-electron chi connectivity index (χ1n) is 3.53. The van der Waals surface area contributed by atoms with Crippen molar-refractivity contribution in [2.24, 2.45) is 5.73 Å². The van der Waals surface area contributed by atoms with Crippen molar-refractivity contribution >= 4 is 13.2 Å². The Hall–Kier alpha value is -1.53. The molecule has 1 aromatic carbocycles. The van der Waals surface area contributed by atoms with Crippen LogP contribution in [-0.4, -0.2) is 13.2 Å². The molecule has 1 aromatic rings. The topological polar surface area (TPSA) is 43.1 Å². The van der Waals surface area contributed by atoms with Crippen molar-refractivity contribution in [1.82, 2.24) is 0 Å². The van der Waals surface area contributed by atoms with E-state index in [2.05, 4.69) is 0 Å². The fraction of sp³-hybridized carbons (Fsp3) is 0. The lowest BCUT2D eigenvalue weighted by Crippen LogP contribution is -2.09. The summed E-state index contributed by atoms with van der Waals surface area (Å²) in [5.74, 6) is -0.379. The van der Waals surface area contributed by atoms with E-state index in [1.54, 1.807) is 24.3 Å². The van der Waals surface area contributed by atoms with Crippen LogP contribution in [0, 0.1) is 0 Å². The van der Waals surface area contributed by atoms with Crippen LogP contribution in [0.25, 0.3) is 0 Å². The van der Waals surface area contributed by atoms with Crippen LogP contribution >= 0.6 is 0 Å². The van der Waals surface area contributed by atoms with Gasteiger partial charge in [-0.2, -0.15) is 0 Å². The zero-order chi connectivity index (χ0) is 11.2. The number of amides is 1. The Balaban J connectivity index is 0.000000292. The first kappa shape index (κ1) is 12.5. The monoisotopic (exact) mass is 208 g/mol. The standard InChI is InChI=1S/C7H7NO.BF4/c8-7(9)6-4-2-1-3-5-6;2-1(3,4)5/h1-5H,(H2,8,9);/q;-1. The van der Waals surface area contributed by atoms with Crippen molar-refractivity contribution in [1.29, 1.82) is 0 Å². The van der Waals surface area contributed by atoms with Gasteiger partial charge in [0.2, 0.25) is 5.91 Å². The molecule has 0 radical (unpaired) electrons. The summed E-state index contributed by atoms with van der Waals surface area (Å²) in [5, 5.41) is 0. The average molecular weight is 208 g/mol. The molecule has 0 fully saturated rings. The predicted molar refractivity (Wildman–Crippen MR) is 45.1 cm³/mol. The number of hydrogen-bond acceptors (Lipinski definition) is 1. The molecule has 1 amide bonds. The molecule has 0 heterocycles. The Kier molecular flexibility index (Phi) is 4.68. The highest BCUT2D eigenvalue weighted by Crippen LogP contribution is 2.06. The number of halogens is 4. The molecule has 0 aliphatic heterocycles. The van der Waals surface area contributed by atoms with Crippen LogP contribution in [0.3, 0.4) is 0 Å². The maximum Gasteiger partial charge on any atom is 0.673 e. The van der Waals surface area contributed by atoms with Gasteiger partial charge < -0.3 is 23.0 Å². The number of hydrogen-bond donors (Lipinski definition) is 1. The number of rotatable bonds is 1. The van der Waals surface area contributed by atoms with E-state index in [9.17, 15) is 22.1 Å². The molecule has 1 rings (SSSR count). The Morgan fingerprint density at radius 1 is 1.07 bits per heavy atom. The lowest BCUT2D eigenvalue weighted by atomic mass is 10.2. The summed E-state index contributed by atoms with van der Waals surface area (Å²) < 4.78 is 39.0. The third kappa shape index (κ3) is 8.57. The third-order valence-electron chi connectivity index (χ3n) is 1.06. The fourth-order valence-electron chi connectivity index (χ4n) is 0.602. The molecule has 0 aliphatic rings. The minimum absolute atomic E-state index is 0.379. The lowest BCUT2D eigenvalue weighted by molar-refractivity contribution is 0.1000. The smallest absolute Gasteiger partial charge is 0.418 e. The van der Waals surface area contributed by atoms with E-state index in [4.69, 9.17) is 5.73 Å². The van der Waals surface area contributed by atoms with Crippen molar-refractivity contribution in [3.8, 4) is 0 Å². The Bertz CT molecular complexity index is 281. The highest BCUT2D eigenvalue weighted by atomic mass is 19.5. The summed E-state index contributed by atoms with van der Waals surface area (Å²) in [7, 11) is -6.00. The highest BCUT2D eigenvalue weighted by Gasteiger charge is 2.20. The van der Waals surface area contributed by atoms with Gasteiger partial charge in [0, 0.05) is 5.56 Å². The molecule has 0 atom stereocenters. The second-order valence-corrected chi connectivity index (χ2v) is 2.23. The SMILES string of the molecule is F[B-](F)(F)F.NC(=O)c1ccccc1. The van der Waals surface area contributed by atoms with Gasteiger partial charge in [-0.15, -0.1) is 0 Å². The van der Waals surface area contributed by atoms with Gasteiger partial charge in [-0.1, -0.05) is 18.2 Å². The summed E-state index contributed by atoms with van der Waals surface area (Å²) in [6.45, 7) is 0. The highest BCUT2D eigenvalue weighted by molar-refractivity contribution is 6.50. The number of nitrogens with two attached hydrogens (primary N) is 1. The molecule has 0 unspecified atom stereocenters. The molecule has 0 saturated carbocycles. The zero-order valence-electron chi connectivity index (χ0n) is 6.96. The summed E-state index contributed by atoms with van der Waals surface area (Å²) in [6.07, 6.45) is 0. The van der Waals surface area contributed by atoms with E-state index in [1.807, 2.05) is 6.07 Å². The predicted octanol–water partition coefficient (Wildman–Crippen LogP) is 2.09. The van der Waals surface area contributed by atoms with Gasteiger partial charge in [0.05, 0.1) is 0 Å². The molecule has 2 N–H and O–H groups in total. The molecule has 0 spiro atoms. The summed E-state index contributed by atoms with van der Waals surface area (Å²) in [5.41, 5.74) is 5.53. The molecule has 14 heavy (non-hydrogen) atoms. The maximum atomic E-state index is 10.4. The average Bonchev–Trinajstić information content (AvgIpc) is 2.03. The van der Waals surface area contributed by atoms with E-state index >= 15 is 0 Å². The minimum atomic E-state index is -6.00. The first-order chi connectivity index (χ1) is 6.30. The second kappa shape index (κ2) is 5.26. The lowest BCUT2D eigenvalue weighted by Gasteiger charge is -1.94. The van der Waals surface area contributed by atoms with Gasteiger partial charge in [0.25, 0.3) is 0 Å². The van der Waals surface area contributed by atoms with Crippen molar-refractivity contribution < 1.29 is 22.1 Å². The Morgan fingerprint density at radius 3 is 1.64 bits per heavy atom. The van der Waals surface area contributed by atoms with Crippen LogP contribution in [0.2, 0.25) is 0 Å². The van der Waals surface area contributed by atoms with Gasteiger partial charge in [-0.05, 0) is 12.1 Å². The van der Waals surface area contributed by atoms with E-state index in [0.717, 1.165) is 0 Å². The van der Waals surface area contributed by atoms with Gasteiger partial charge >= 0.3 is 7.25 Å². The summed E-state index contributed by atoms with van der Waals surface area (Å²) in [6, 6.07) is 8.76. The molecule has 0 aromatic heterocycles. The number of primary amides is 1. The minimum Gasteiger partial charge on any atom is -0.418 e. The number of carbonyl (C=O) groups is 1. The van der Waals surface area contributed by atoms with Gasteiger partial charge in [0.1, 0.15) is 0 Å². The van der Waals surface area contributed by atoms with Crippen LogP contribution in [0.5, 0.6) is 0 Å². The van der Waals surface area contributed by atoms with E-state index in [1.165, 1.54) is 0 Å². The number of carbonyl (C=O) groups excluding carboxylic acids is 1. The summed E-state index contributed by atoms with van der Waals surface area (Å²) >= 11 is 0. The first-order valence-corrected chi connectivity index (χ1v) is 3.53. The van der Waals surface area contributed by atoms with Crippen LogP contribution in [0.15, 0.2) is 30.3 Å². The molecule has 0 saturated heterocycles. The third-order valence-corrected chi connectivity index (χ3v) is 1.06.